The zero-order chi connectivity index (χ0) is 24.4. The first-order valence-corrected chi connectivity index (χ1v) is 12.2. The minimum Gasteiger partial charge on any atom is -0.393 e. The van der Waals surface area contributed by atoms with Crippen molar-refractivity contribution in [2.24, 2.45) is 0 Å². The number of aliphatic hydroxyl groups excluding tert-OH is 1. The Hall–Kier alpha value is -2.57. The summed E-state index contributed by atoms with van der Waals surface area (Å²) < 4.78 is 98.2. The SMILES string of the molecule is O=S(=O)(NCc1cn(C2CC(O)C2)c2cc(-c3cc(F)cnc3C(F)(F)F)c(F)cc12)C1CC1. The molecular formula is C22H20F5N3O3S. The molecule has 2 N–H and O–H groups in total. The average molecular weight is 501 g/mol. The third-order valence-electron chi connectivity index (χ3n) is 6.33. The lowest BCUT2D eigenvalue weighted by Crippen LogP contribution is -2.30. The Morgan fingerprint density at radius 1 is 1.12 bits per heavy atom. The molecule has 0 unspecified atom stereocenters. The molecule has 1 aromatic carbocycles. The van der Waals surface area contributed by atoms with Crippen LogP contribution in [0, 0.1) is 11.6 Å². The Balaban J connectivity index is 1.63. The van der Waals surface area contributed by atoms with E-state index in [1.54, 1.807) is 10.8 Å². The summed E-state index contributed by atoms with van der Waals surface area (Å²) in [7, 11) is -3.52. The van der Waals surface area contributed by atoms with Crippen molar-refractivity contribution in [3.05, 3.63) is 53.5 Å². The normalized spacial score (nSPS) is 21.1. The molecule has 2 heterocycles. The Morgan fingerprint density at radius 2 is 1.82 bits per heavy atom. The molecule has 2 aliphatic rings. The first-order chi connectivity index (χ1) is 15.9. The van der Waals surface area contributed by atoms with Gasteiger partial charge in [0.1, 0.15) is 11.6 Å². The number of hydrogen-bond donors (Lipinski definition) is 2. The van der Waals surface area contributed by atoms with Gasteiger partial charge in [0.05, 0.1) is 17.6 Å². The zero-order valence-electron chi connectivity index (χ0n) is 17.6. The van der Waals surface area contributed by atoms with Gasteiger partial charge < -0.3 is 9.67 Å². The van der Waals surface area contributed by atoms with Crippen LogP contribution in [0.4, 0.5) is 22.0 Å². The number of benzene rings is 1. The smallest absolute Gasteiger partial charge is 0.393 e. The van der Waals surface area contributed by atoms with Gasteiger partial charge in [-0.05, 0) is 49.4 Å². The van der Waals surface area contributed by atoms with Crippen molar-refractivity contribution in [3.8, 4) is 11.1 Å². The van der Waals surface area contributed by atoms with Crippen LogP contribution >= 0.6 is 0 Å². The highest BCUT2D eigenvalue weighted by atomic mass is 32.2. The van der Waals surface area contributed by atoms with Crippen LogP contribution in [0.5, 0.6) is 0 Å². The monoisotopic (exact) mass is 501 g/mol. The molecule has 0 radical (unpaired) electrons. The Kier molecular flexibility index (Phi) is 5.45. The number of alkyl halides is 3. The standard InChI is InChI=1S/C22H20F5N3O3S/c23-12-3-18(21(28-9-12)22(25,26)27)17-7-20-16(6-19(17)24)11(8-29-34(32,33)15-1-2-15)10-30(20)13-4-14(31)5-13/h3,6-7,9-10,13-15,29,31H,1-2,4-5,8H2. The third kappa shape index (κ3) is 4.18. The van der Waals surface area contributed by atoms with Gasteiger partial charge in [-0.15, -0.1) is 0 Å². The Morgan fingerprint density at radius 3 is 2.44 bits per heavy atom. The summed E-state index contributed by atoms with van der Waals surface area (Å²) in [5, 5.41) is 9.60. The molecule has 5 rings (SSSR count). The van der Waals surface area contributed by atoms with Crippen molar-refractivity contribution < 1.29 is 35.5 Å². The van der Waals surface area contributed by atoms with E-state index in [0.717, 1.165) is 6.07 Å². The molecule has 0 spiro atoms. The second-order valence-electron chi connectivity index (χ2n) is 8.80. The van der Waals surface area contributed by atoms with E-state index in [4.69, 9.17) is 0 Å². The van der Waals surface area contributed by atoms with E-state index in [-0.39, 0.29) is 12.6 Å². The minimum atomic E-state index is -4.93. The quantitative estimate of drug-likeness (QED) is 0.494. The lowest BCUT2D eigenvalue weighted by atomic mass is 9.89. The molecule has 34 heavy (non-hydrogen) atoms. The number of rotatable bonds is 6. The maximum atomic E-state index is 15.2. The molecule has 182 valence electrons. The Bertz CT molecular complexity index is 1380. The number of aromatic nitrogens is 2. The fraction of sp³-hybridized carbons (Fsp3) is 0.409. The van der Waals surface area contributed by atoms with Crippen LogP contribution in [0.1, 0.15) is 43.0 Å². The second kappa shape index (κ2) is 7.99. The fourth-order valence-corrected chi connectivity index (χ4v) is 5.67. The fourth-order valence-electron chi connectivity index (χ4n) is 4.32. The molecule has 0 atom stereocenters. The van der Waals surface area contributed by atoms with E-state index in [2.05, 4.69) is 9.71 Å². The van der Waals surface area contributed by atoms with Crippen molar-refractivity contribution in [2.75, 3.05) is 0 Å². The molecular weight excluding hydrogens is 481 g/mol. The van der Waals surface area contributed by atoms with Gasteiger partial charge in [-0.3, -0.25) is 0 Å². The maximum Gasteiger partial charge on any atom is 0.433 e. The predicted molar refractivity (Wildman–Crippen MR) is 113 cm³/mol. The van der Waals surface area contributed by atoms with Crippen LogP contribution in [0.25, 0.3) is 22.0 Å². The molecule has 0 amide bonds. The van der Waals surface area contributed by atoms with Crippen LogP contribution in [-0.4, -0.2) is 34.4 Å². The minimum absolute atomic E-state index is 0.119. The van der Waals surface area contributed by atoms with Gasteiger partial charge in [0.2, 0.25) is 10.0 Å². The van der Waals surface area contributed by atoms with Crippen LogP contribution in [-0.2, 0) is 22.7 Å². The molecule has 6 nitrogen and oxygen atoms in total. The van der Waals surface area contributed by atoms with Gasteiger partial charge in [-0.2, -0.15) is 13.2 Å². The van der Waals surface area contributed by atoms with E-state index >= 15 is 4.39 Å². The number of sulfonamides is 1. The number of aliphatic hydroxyl groups is 1. The maximum absolute atomic E-state index is 15.2. The van der Waals surface area contributed by atoms with Gasteiger partial charge in [-0.1, -0.05) is 0 Å². The highest BCUT2D eigenvalue weighted by Gasteiger charge is 2.38. The predicted octanol–water partition coefficient (Wildman–Crippen LogP) is 4.28. The second-order valence-corrected chi connectivity index (χ2v) is 10.8. The van der Waals surface area contributed by atoms with Gasteiger partial charge in [-0.25, -0.2) is 26.9 Å². The van der Waals surface area contributed by atoms with Crippen molar-refractivity contribution in [1.82, 2.24) is 14.3 Å². The molecule has 0 bridgehead atoms. The number of nitrogens with zero attached hydrogens (tertiary/aromatic N) is 2. The molecule has 2 aliphatic carbocycles. The highest BCUT2D eigenvalue weighted by Crippen LogP contribution is 2.41. The first kappa shape index (κ1) is 23.2. The summed E-state index contributed by atoms with van der Waals surface area (Å²) in [6.07, 6.45) is -1.52. The number of halogens is 5. The number of pyridine rings is 1. The van der Waals surface area contributed by atoms with Crippen molar-refractivity contribution in [2.45, 2.75) is 55.8 Å². The molecule has 2 fully saturated rings. The molecule has 2 saturated carbocycles. The van der Waals surface area contributed by atoms with Crippen LogP contribution in [0.3, 0.4) is 0 Å². The third-order valence-corrected chi connectivity index (χ3v) is 8.22. The summed E-state index contributed by atoms with van der Waals surface area (Å²) in [6, 6.07) is 2.62. The van der Waals surface area contributed by atoms with Crippen molar-refractivity contribution in [1.29, 1.82) is 0 Å². The van der Waals surface area contributed by atoms with E-state index < -0.39 is 56.0 Å². The topological polar surface area (TPSA) is 84.2 Å². The van der Waals surface area contributed by atoms with Gasteiger partial charge in [0.25, 0.3) is 0 Å². The lowest BCUT2D eigenvalue weighted by Gasteiger charge is -2.33. The van der Waals surface area contributed by atoms with Gasteiger partial charge in [0.15, 0.2) is 5.69 Å². The number of nitrogens with one attached hydrogen (secondary N) is 1. The summed E-state index contributed by atoms with van der Waals surface area (Å²) in [6.45, 7) is -0.119. The molecule has 2 aromatic heterocycles. The number of hydrogen-bond acceptors (Lipinski definition) is 4. The van der Waals surface area contributed by atoms with E-state index in [1.807, 2.05) is 0 Å². The highest BCUT2D eigenvalue weighted by molar-refractivity contribution is 7.90. The van der Waals surface area contributed by atoms with E-state index in [0.29, 0.717) is 54.4 Å². The first-order valence-electron chi connectivity index (χ1n) is 10.7. The molecule has 12 heteroatoms. The molecule has 0 aliphatic heterocycles. The molecule has 3 aromatic rings. The number of fused-ring (bicyclic) bond motifs is 1. The Labute approximate surface area is 191 Å². The summed E-state index contributed by atoms with van der Waals surface area (Å²) in [4.78, 5) is 3.14. The molecule has 0 saturated heterocycles. The summed E-state index contributed by atoms with van der Waals surface area (Å²) >= 11 is 0. The van der Waals surface area contributed by atoms with Crippen LogP contribution < -0.4 is 4.72 Å². The summed E-state index contributed by atoms with van der Waals surface area (Å²) in [5.41, 5.74) is -1.83. The van der Waals surface area contributed by atoms with Crippen LogP contribution in [0.15, 0.2) is 30.6 Å². The van der Waals surface area contributed by atoms with Crippen molar-refractivity contribution in [3.63, 3.8) is 0 Å². The van der Waals surface area contributed by atoms with E-state index in [1.165, 1.54) is 6.07 Å². The van der Waals surface area contributed by atoms with Crippen LogP contribution in [0.2, 0.25) is 0 Å². The van der Waals surface area contributed by atoms with Crippen molar-refractivity contribution >= 4 is 20.9 Å². The van der Waals surface area contributed by atoms with E-state index in [9.17, 15) is 31.1 Å². The zero-order valence-corrected chi connectivity index (χ0v) is 18.4. The van der Waals surface area contributed by atoms with Gasteiger partial charge >= 0.3 is 6.18 Å². The summed E-state index contributed by atoms with van der Waals surface area (Å²) in [5.74, 6) is -2.07. The largest absolute Gasteiger partial charge is 0.433 e. The average Bonchev–Trinajstić information content (AvgIpc) is 3.53. The van der Waals surface area contributed by atoms with Gasteiger partial charge in [0, 0.05) is 40.8 Å². The lowest BCUT2D eigenvalue weighted by molar-refractivity contribution is -0.140.